The first-order valence-corrected chi connectivity index (χ1v) is 14.9. The van der Waals surface area contributed by atoms with Gasteiger partial charge in [0.1, 0.15) is 0 Å². The third kappa shape index (κ3) is 7.09. The molecule has 9 nitrogen and oxygen atoms in total. The second-order valence-corrected chi connectivity index (χ2v) is 12.3. The number of hydrogen-bond acceptors (Lipinski definition) is 8. The molecule has 2 aliphatic rings. The number of fused-ring (bicyclic) bond motifs is 2. The van der Waals surface area contributed by atoms with E-state index in [0.29, 0.717) is 23.7 Å². The lowest BCUT2D eigenvalue weighted by Crippen LogP contribution is -2.51. The van der Waals surface area contributed by atoms with E-state index in [1.165, 1.54) is 29.7 Å². The fraction of sp³-hybridized carbons (Fsp3) is 0.423. The Bertz CT molecular complexity index is 1390. The molecule has 3 atom stereocenters. The van der Waals surface area contributed by atoms with E-state index in [9.17, 15) is 21.6 Å². The molecule has 5 rings (SSSR count). The summed E-state index contributed by atoms with van der Waals surface area (Å²) in [5, 5.41) is 8.80. The van der Waals surface area contributed by atoms with Crippen LogP contribution in [0.1, 0.15) is 24.0 Å². The van der Waals surface area contributed by atoms with E-state index in [2.05, 4.69) is 61.9 Å². The highest BCUT2D eigenvalue weighted by Crippen LogP contribution is 2.42. The number of aliphatic carboxylic acids is 1. The number of likely N-dealkylation sites (tertiary alicyclic amines) is 1. The Morgan fingerprint density at radius 2 is 1.80 bits per heavy atom. The Balaban J connectivity index is 0.000000470. The highest BCUT2D eigenvalue weighted by atomic mass is 32.2. The number of nitrogens with zero attached hydrogens (tertiary/aromatic N) is 4. The topological polar surface area (TPSA) is 116 Å². The molecule has 1 saturated carbocycles. The van der Waals surface area contributed by atoms with E-state index >= 15 is 0 Å². The Kier molecular flexibility index (Phi) is 9.00. The van der Waals surface area contributed by atoms with Crippen molar-refractivity contribution in [1.82, 2.24) is 14.9 Å². The monoisotopic (exact) mass is 597 g/mol. The van der Waals surface area contributed by atoms with E-state index in [-0.39, 0.29) is 5.03 Å². The van der Waals surface area contributed by atoms with Gasteiger partial charge in [0.05, 0.1) is 17.4 Å². The molecule has 0 radical (unpaired) electrons. The van der Waals surface area contributed by atoms with E-state index in [1.807, 2.05) is 6.92 Å². The second-order valence-electron chi connectivity index (χ2n) is 9.97. The number of alkyl halides is 3. The fourth-order valence-corrected chi connectivity index (χ4v) is 7.12. The summed E-state index contributed by atoms with van der Waals surface area (Å²) in [6.45, 7) is 5.15. The van der Waals surface area contributed by atoms with Gasteiger partial charge in [0.25, 0.3) is 10.0 Å². The molecule has 0 amide bonds. The maximum Gasteiger partial charge on any atom is 0.490 e. The molecule has 1 aliphatic carbocycles. The van der Waals surface area contributed by atoms with E-state index in [0.717, 1.165) is 30.9 Å². The van der Waals surface area contributed by atoms with Crippen molar-refractivity contribution in [3.8, 4) is 0 Å². The molecule has 216 valence electrons. The van der Waals surface area contributed by atoms with Crippen LogP contribution in [0.3, 0.4) is 0 Å². The zero-order chi connectivity index (χ0) is 29.1. The number of aromatic nitrogens is 2. The fourth-order valence-electron chi connectivity index (χ4n) is 5.55. The highest BCUT2D eigenvalue weighted by molar-refractivity contribution is 7.92. The van der Waals surface area contributed by atoms with Crippen LogP contribution in [0.5, 0.6) is 0 Å². The molecular formula is C26H30F3N5O4S2. The maximum absolute atomic E-state index is 12.7. The number of rotatable bonds is 7. The summed E-state index contributed by atoms with van der Waals surface area (Å²) in [6, 6.07) is 12.8. The van der Waals surface area contributed by atoms with Crippen LogP contribution >= 0.6 is 11.3 Å². The van der Waals surface area contributed by atoms with Crippen molar-refractivity contribution in [2.75, 3.05) is 29.8 Å². The SMILES string of the molecule is Cc1cc(S(=O)(=O)Nc2cscn2)ncc1N(C)C1[C@@H]2CC[C@H]1CN(Cc1ccccc1)C2.O=C(O)C(F)(F)F. The predicted molar refractivity (Wildman–Crippen MR) is 146 cm³/mol. The average Bonchev–Trinajstić information content (AvgIpc) is 3.49. The number of anilines is 2. The molecule has 14 heteroatoms. The molecule has 3 aromatic rings. The molecule has 0 spiro atoms. The largest absolute Gasteiger partial charge is 0.490 e. The van der Waals surface area contributed by atoms with E-state index < -0.39 is 22.2 Å². The summed E-state index contributed by atoms with van der Waals surface area (Å²) in [5.74, 6) is -1.23. The summed E-state index contributed by atoms with van der Waals surface area (Å²) in [6.07, 6.45) is -0.899. The van der Waals surface area contributed by atoms with Gasteiger partial charge < -0.3 is 10.0 Å². The number of nitrogens with one attached hydrogen (secondary N) is 1. The number of halogens is 3. The standard InChI is InChI=1S/C24H29N5O2S2.C2HF3O2/c1-17-10-23(33(30,31)27-22-15-32-16-26-22)25-11-21(17)28(2)24-19-8-9-20(24)14-29(13-19)12-18-6-4-3-5-7-18;3-2(4,5)1(6)7/h3-7,10-11,15-16,19-20,24,27H,8-9,12-14H2,1-2H3;(H,6,7)/t19-,20+,24?;. The van der Waals surface area contributed by atoms with Gasteiger partial charge in [-0.1, -0.05) is 30.3 Å². The Labute approximate surface area is 234 Å². The van der Waals surface area contributed by atoms with Crippen LogP contribution in [-0.4, -0.2) is 66.7 Å². The van der Waals surface area contributed by atoms with Crippen molar-refractivity contribution < 1.29 is 31.5 Å². The Morgan fingerprint density at radius 3 is 2.33 bits per heavy atom. The number of carbonyl (C=O) groups is 1. The van der Waals surface area contributed by atoms with Crippen LogP contribution in [0.4, 0.5) is 24.7 Å². The van der Waals surface area contributed by atoms with E-state index in [4.69, 9.17) is 9.90 Å². The molecule has 2 aromatic heterocycles. The summed E-state index contributed by atoms with van der Waals surface area (Å²) in [5.41, 5.74) is 4.87. The number of benzene rings is 1. The van der Waals surface area contributed by atoms with E-state index in [1.54, 1.807) is 23.2 Å². The summed E-state index contributed by atoms with van der Waals surface area (Å²) in [4.78, 5) is 22.2. The first-order chi connectivity index (χ1) is 18.8. The van der Waals surface area contributed by atoms with Gasteiger partial charge in [-0.3, -0.25) is 9.62 Å². The van der Waals surface area contributed by atoms with Gasteiger partial charge in [-0.2, -0.15) is 21.6 Å². The van der Waals surface area contributed by atoms with Gasteiger partial charge in [0, 0.05) is 38.1 Å². The van der Waals surface area contributed by atoms with Crippen LogP contribution in [-0.2, 0) is 21.4 Å². The van der Waals surface area contributed by atoms with Crippen LogP contribution < -0.4 is 9.62 Å². The predicted octanol–water partition coefficient (Wildman–Crippen LogP) is 4.63. The zero-order valence-corrected chi connectivity index (χ0v) is 23.5. The molecule has 1 aliphatic heterocycles. The number of aryl methyl sites for hydroxylation is 1. The number of carboxylic acids is 1. The van der Waals surface area contributed by atoms with Gasteiger partial charge in [0.15, 0.2) is 10.8 Å². The molecule has 40 heavy (non-hydrogen) atoms. The first-order valence-electron chi connectivity index (χ1n) is 12.5. The molecule has 1 saturated heterocycles. The van der Waals surface area contributed by atoms with Gasteiger partial charge in [0.2, 0.25) is 0 Å². The maximum atomic E-state index is 12.7. The van der Waals surface area contributed by atoms with Crippen LogP contribution in [0, 0.1) is 18.8 Å². The van der Waals surface area contributed by atoms with Crippen molar-refractivity contribution in [2.24, 2.45) is 11.8 Å². The number of carboxylic acid groups (broad SMARTS) is 1. The Morgan fingerprint density at radius 1 is 1.18 bits per heavy atom. The smallest absolute Gasteiger partial charge is 0.475 e. The van der Waals surface area contributed by atoms with Crippen molar-refractivity contribution >= 4 is 38.8 Å². The van der Waals surface area contributed by atoms with Crippen LogP contribution in [0.15, 0.2) is 58.5 Å². The minimum absolute atomic E-state index is 0.0193. The number of pyridine rings is 1. The minimum atomic E-state index is -5.08. The van der Waals surface area contributed by atoms with Gasteiger partial charge in [-0.25, -0.2) is 14.8 Å². The average molecular weight is 598 g/mol. The second kappa shape index (κ2) is 12.1. The van der Waals surface area contributed by atoms with Gasteiger partial charge in [-0.05, 0) is 48.8 Å². The van der Waals surface area contributed by atoms with Crippen molar-refractivity contribution in [1.29, 1.82) is 0 Å². The quantitative estimate of drug-likeness (QED) is 0.405. The van der Waals surface area contributed by atoms with Gasteiger partial charge in [-0.15, -0.1) is 11.3 Å². The molecular weight excluding hydrogens is 567 g/mol. The zero-order valence-electron chi connectivity index (χ0n) is 21.9. The summed E-state index contributed by atoms with van der Waals surface area (Å²) >= 11 is 1.34. The summed E-state index contributed by atoms with van der Waals surface area (Å²) < 4.78 is 59.6. The number of hydrogen-bond donors (Lipinski definition) is 2. The molecule has 2 fully saturated rings. The number of sulfonamides is 1. The molecule has 2 N–H and O–H groups in total. The lowest BCUT2D eigenvalue weighted by molar-refractivity contribution is -0.192. The number of thiazole rings is 1. The van der Waals surface area contributed by atoms with Crippen LogP contribution in [0.2, 0.25) is 0 Å². The lowest BCUT2D eigenvalue weighted by atomic mass is 9.90. The molecule has 2 bridgehead atoms. The number of piperidine rings is 1. The molecule has 3 heterocycles. The summed E-state index contributed by atoms with van der Waals surface area (Å²) in [7, 11) is -1.63. The first kappa shape index (κ1) is 29.7. The van der Waals surface area contributed by atoms with Crippen molar-refractivity contribution in [2.45, 2.75) is 43.6 Å². The highest BCUT2D eigenvalue weighted by Gasteiger charge is 2.44. The van der Waals surface area contributed by atoms with Gasteiger partial charge >= 0.3 is 12.1 Å². The van der Waals surface area contributed by atoms with Crippen LogP contribution in [0.25, 0.3) is 0 Å². The molecule has 1 aromatic carbocycles. The normalized spacial score (nSPS) is 20.9. The Hall–Kier alpha value is -3.23. The molecule has 1 unspecified atom stereocenters. The van der Waals surface area contributed by atoms with Crippen molar-refractivity contribution in [3.05, 3.63) is 64.6 Å². The third-order valence-corrected chi connectivity index (χ3v) is 9.02. The lowest BCUT2D eigenvalue weighted by Gasteiger charge is -2.43. The third-order valence-electron chi connectivity index (χ3n) is 7.18. The van der Waals surface area contributed by atoms with Crippen molar-refractivity contribution in [3.63, 3.8) is 0 Å². The minimum Gasteiger partial charge on any atom is -0.475 e.